The van der Waals surface area contributed by atoms with E-state index in [1.165, 1.54) is 5.39 Å². The molecule has 4 aromatic carbocycles. The predicted molar refractivity (Wildman–Crippen MR) is 192 cm³/mol. The number of hydrogen-bond donors (Lipinski definition) is 0. The number of para-hydroxylation sites is 2. The van der Waals surface area contributed by atoms with Gasteiger partial charge in [-0.1, -0.05) is 60.7 Å². The van der Waals surface area contributed by atoms with Crippen LogP contribution in [0.1, 0.15) is 0 Å². The number of pyridine rings is 3. The van der Waals surface area contributed by atoms with Crippen molar-refractivity contribution in [3.8, 4) is 34.2 Å². The second-order valence-electron chi connectivity index (χ2n) is 11.8. The van der Waals surface area contributed by atoms with Crippen LogP contribution in [0.15, 0.2) is 152 Å². The first-order chi connectivity index (χ1) is 23.8. The fraction of sp³-hybridized carbons (Fsp3) is 0. The Morgan fingerprint density at radius 3 is 1.71 bits per heavy atom. The first-order valence-corrected chi connectivity index (χ1v) is 15.8. The topological polar surface area (TPSA) is 74.3 Å². The predicted octanol–water partition coefficient (Wildman–Crippen LogP) is 9.34. The van der Waals surface area contributed by atoms with Crippen molar-refractivity contribution in [3.05, 3.63) is 152 Å². The molecular weight excluding hydrogens is 591 g/mol. The van der Waals surface area contributed by atoms with E-state index in [1.54, 1.807) is 24.8 Å². The summed E-state index contributed by atoms with van der Waals surface area (Å²) in [7, 11) is 0. The number of fused-ring (bicyclic) bond motifs is 9. The van der Waals surface area contributed by atoms with Crippen LogP contribution in [-0.2, 0) is 0 Å². The third-order valence-electron chi connectivity index (χ3n) is 9.10. The summed E-state index contributed by atoms with van der Waals surface area (Å²) in [6.45, 7) is 0. The van der Waals surface area contributed by atoms with Crippen molar-refractivity contribution in [1.29, 1.82) is 0 Å². The van der Waals surface area contributed by atoms with Crippen LogP contribution < -0.4 is 0 Å². The Morgan fingerprint density at radius 2 is 0.979 bits per heavy atom. The van der Waals surface area contributed by atoms with Gasteiger partial charge in [0.05, 0.1) is 56.0 Å². The molecule has 224 valence electrons. The van der Waals surface area contributed by atoms with E-state index in [-0.39, 0.29) is 0 Å². The Balaban J connectivity index is 1.42. The highest BCUT2D eigenvalue weighted by Crippen LogP contribution is 2.43. The molecule has 6 aromatic heterocycles. The summed E-state index contributed by atoms with van der Waals surface area (Å²) in [5, 5.41) is 4.59. The molecule has 0 spiro atoms. The number of benzene rings is 4. The zero-order valence-electron chi connectivity index (χ0n) is 25.6. The molecule has 0 amide bonds. The molecule has 0 unspecified atom stereocenters. The molecule has 0 bridgehead atoms. The lowest BCUT2D eigenvalue weighted by atomic mass is 10.1. The normalized spacial score (nSPS) is 11.8. The van der Waals surface area contributed by atoms with Gasteiger partial charge in [-0.25, -0.2) is 4.98 Å². The van der Waals surface area contributed by atoms with E-state index in [4.69, 9.17) is 9.97 Å². The quantitative estimate of drug-likeness (QED) is 0.197. The summed E-state index contributed by atoms with van der Waals surface area (Å²) in [4.78, 5) is 24.0. The standard InChI is InChI=1S/C41H25N7/c1-2-10-26(11-3-1)48-39-30(18-19-34-38(39)45-23-22-44-34)31-17-16-29-28-12-4-5-15-37(28)47(40(29)41(31)48)27-24-35(32-13-6-8-20-42-32)46-36(25-27)33-14-7-9-21-43-33/h1-25H. The molecule has 10 rings (SSSR count). The van der Waals surface area contributed by atoms with Gasteiger partial charge in [0.2, 0.25) is 0 Å². The van der Waals surface area contributed by atoms with E-state index < -0.39 is 0 Å². The highest BCUT2D eigenvalue weighted by molar-refractivity contribution is 6.26. The molecule has 0 aliphatic heterocycles. The van der Waals surface area contributed by atoms with Gasteiger partial charge < -0.3 is 9.13 Å². The molecule has 7 heteroatoms. The molecule has 0 saturated heterocycles. The highest BCUT2D eigenvalue weighted by Gasteiger charge is 2.23. The van der Waals surface area contributed by atoms with Crippen LogP contribution in [0.4, 0.5) is 0 Å². The van der Waals surface area contributed by atoms with Gasteiger partial charge in [-0.2, -0.15) is 0 Å². The third kappa shape index (κ3) is 3.91. The minimum absolute atomic E-state index is 0.775. The number of aromatic nitrogens is 7. The van der Waals surface area contributed by atoms with E-state index in [0.29, 0.717) is 0 Å². The van der Waals surface area contributed by atoms with Crippen LogP contribution >= 0.6 is 0 Å². The van der Waals surface area contributed by atoms with E-state index in [2.05, 4.69) is 115 Å². The molecular formula is C41H25N7. The molecule has 0 fully saturated rings. The average molecular weight is 616 g/mol. The summed E-state index contributed by atoms with van der Waals surface area (Å²) >= 11 is 0. The Bertz CT molecular complexity index is 2760. The van der Waals surface area contributed by atoms with E-state index in [9.17, 15) is 0 Å². The first kappa shape index (κ1) is 26.5. The lowest BCUT2D eigenvalue weighted by molar-refractivity contribution is 1.13. The van der Waals surface area contributed by atoms with Crippen molar-refractivity contribution in [1.82, 2.24) is 34.1 Å². The molecule has 6 heterocycles. The number of nitrogens with zero attached hydrogens (tertiary/aromatic N) is 7. The van der Waals surface area contributed by atoms with Crippen molar-refractivity contribution < 1.29 is 0 Å². The first-order valence-electron chi connectivity index (χ1n) is 15.8. The second kappa shape index (κ2) is 10.4. The number of hydrogen-bond acceptors (Lipinski definition) is 5. The van der Waals surface area contributed by atoms with E-state index >= 15 is 0 Å². The van der Waals surface area contributed by atoms with Gasteiger partial charge in [0.15, 0.2) is 0 Å². The lowest BCUT2D eigenvalue weighted by Crippen LogP contribution is -2.01. The molecule has 0 atom stereocenters. The van der Waals surface area contributed by atoms with Gasteiger partial charge in [0, 0.05) is 52.0 Å². The summed E-state index contributed by atoms with van der Waals surface area (Å²) in [5.41, 5.74) is 11.2. The maximum atomic E-state index is 5.08. The van der Waals surface area contributed by atoms with Crippen LogP contribution in [-0.4, -0.2) is 34.1 Å². The molecule has 0 aliphatic carbocycles. The summed E-state index contributed by atoms with van der Waals surface area (Å²) in [6, 6.07) is 44.0. The van der Waals surface area contributed by atoms with Gasteiger partial charge in [-0.15, -0.1) is 0 Å². The van der Waals surface area contributed by atoms with Gasteiger partial charge in [0.25, 0.3) is 0 Å². The molecule has 48 heavy (non-hydrogen) atoms. The Morgan fingerprint density at radius 1 is 0.375 bits per heavy atom. The van der Waals surface area contributed by atoms with E-state index in [1.807, 2.05) is 36.4 Å². The highest BCUT2D eigenvalue weighted by atomic mass is 15.1. The average Bonchev–Trinajstić information content (AvgIpc) is 3.69. The van der Waals surface area contributed by atoms with Crippen molar-refractivity contribution in [2.24, 2.45) is 0 Å². The monoisotopic (exact) mass is 615 g/mol. The summed E-state index contributed by atoms with van der Waals surface area (Å²) < 4.78 is 4.74. The maximum absolute atomic E-state index is 5.08. The lowest BCUT2D eigenvalue weighted by Gasteiger charge is -2.14. The molecule has 10 aromatic rings. The van der Waals surface area contributed by atoms with Gasteiger partial charge in [-0.3, -0.25) is 19.9 Å². The minimum Gasteiger partial charge on any atom is -0.307 e. The van der Waals surface area contributed by atoms with Crippen LogP contribution in [0.25, 0.3) is 88.8 Å². The summed E-state index contributed by atoms with van der Waals surface area (Å²) in [6.07, 6.45) is 7.14. The molecule has 0 saturated carbocycles. The fourth-order valence-electron chi connectivity index (χ4n) is 7.10. The zero-order valence-corrected chi connectivity index (χ0v) is 25.6. The van der Waals surface area contributed by atoms with Crippen LogP contribution in [0, 0.1) is 0 Å². The zero-order chi connectivity index (χ0) is 31.6. The minimum atomic E-state index is 0.775. The Kier molecular flexibility index (Phi) is 5.74. The molecule has 0 N–H and O–H groups in total. The molecule has 0 radical (unpaired) electrons. The Labute approximate surface area is 274 Å². The maximum Gasteiger partial charge on any atom is 0.113 e. The smallest absolute Gasteiger partial charge is 0.113 e. The SMILES string of the molecule is c1ccc(-n2c3c(ccc4nccnc43)c3ccc4c5ccccc5n(-c5cc(-c6ccccn6)nc(-c6ccccn6)c5)c4c32)cc1. The fourth-order valence-corrected chi connectivity index (χ4v) is 7.10. The van der Waals surface area contributed by atoms with Crippen LogP contribution in [0.2, 0.25) is 0 Å². The largest absolute Gasteiger partial charge is 0.307 e. The molecule has 0 aliphatic rings. The van der Waals surface area contributed by atoms with Crippen LogP contribution in [0.3, 0.4) is 0 Å². The van der Waals surface area contributed by atoms with Crippen molar-refractivity contribution >= 4 is 54.6 Å². The van der Waals surface area contributed by atoms with Gasteiger partial charge in [0.1, 0.15) is 5.52 Å². The van der Waals surface area contributed by atoms with Gasteiger partial charge >= 0.3 is 0 Å². The van der Waals surface area contributed by atoms with Crippen molar-refractivity contribution in [2.75, 3.05) is 0 Å². The van der Waals surface area contributed by atoms with E-state index in [0.717, 1.165) is 83.4 Å². The third-order valence-corrected chi connectivity index (χ3v) is 9.10. The van der Waals surface area contributed by atoms with Crippen molar-refractivity contribution in [3.63, 3.8) is 0 Å². The molecule has 7 nitrogen and oxygen atoms in total. The Hall–Kier alpha value is -6.73. The second-order valence-corrected chi connectivity index (χ2v) is 11.8. The summed E-state index contributed by atoms with van der Waals surface area (Å²) in [5.74, 6) is 0. The van der Waals surface area contributed by atoms with Crippen LogP contribution in [0.5, 0.6) is 0 Å². The van der Waals surface area contributed by atoms with Crippen molar-refractivity contribution in [2.45, 2.75) is 0 Å². The van der Waals surface area contributed by atoms with Gasteiger partial charge in [-0.05, 0) is 66.7 Å². The number of rotatable bonds is 4.